The lowest BCUT2D eigenvalue weighted by molar-refractivity contribution is 0.570. The fraction of sp³-hybridized carbons (Fsp3) is 0.412. The summed E-state index contributed by atoms with van der Waals surface area (Å²) in [5.41, 5.74) is 2.50. The zero-order valence-electron chi connectivity index (χ0n) is 13.4. The standard InChI is InChI=1S/C17H25N5/c1-3-18-17(19-9-5-11-22-12-6-10-21-22)20-14-16-8-4-7-15(2)13-16/h4,6-8,10,12-13H,3,5,9,11,14H2,1-2H3,(H2,18,19,20). The van der Waals surface area contributed by atoms with Crippen LogP contribution < -0.4 is 10.6 Å². The quantitative estimate of drug-likeness (QED) is 0.469. The van der Waals surface area contributed by atoms with Gasteiger partial charge < -0.3 is 10.6 Å². The molecule has 0 aliphatic rings. The highest BCUT2D eigenvalue weighted by Gasteiger charge is 1.98. The van der Waals surface area contributed by atoms with E-state index < -0.39 is 0 Å². The molecule has 2 N–H and O–H groups in total. The molecule has 0 bridgehead atoms. The number of rotatable bonds is 7. The minimum atomic E-state index is 0.691. The molecule has 1 aromatic heterocycles. The zero-order chi connectivity index (χ0) is 15.6. The van der Waals surface area contributed by atoms with Gasteiger partial charge in [0, 0.05) is 32.0 Å². The lowest BCUT2D eigenvalue weighted by Gasteiger charge is -2.11. The number of hydrogen-bond donors (Lipinski definition) is 2. The minimum absolute atomic E-state index is 0.691. The van der Waals surface area contributed by atoms with E-state index in [-0.39, 0.29) is 0 Å². The van der Waals surface area contributed by atoms with Crippen molar-refractivity contribution < 1.29 is 0 Å². The van der Waals surface area contributed by atoms with Crippen molar-refractivity contribution in [2.45, 2.75) is 33.4 Å². The molecule has 1 heterocycles. The third-order valence-corrected chi connectivity index (χ3v) is 3.26. The molecule has 0 atom stereocenters. The molecule has 0 amide bonds. The van der Waals surface area contributed by atoms with Crippen molar-refractivity contribution in [3.63, 3.8) is 0 Å². The zero-order valence-corrected chi connectivity index (χ0v) is 13.4. The molecule has 118 valence electrons. The predicted molar refractivity (Wildman–Crippen MR) is 90.8 cm³/mol. The highest BCUT2D eigenvalue weighted by Crippen LogP contribution is 2.04. The van der Waals surface area contributed by atoms with Gasteiger partial charge in [0.25, 0.3) is 0 Å². The normalized spacial score (nSPS) is 11.5. The molecule has 5 nitrogen and oxygen atoms in total. The van der Waals surface area contributed by atoms with Gasteiger partial charge in [-0.3, -0.25) is 4.68 Å². The monoisotopic (exact) mass is 299 g/mol. The molecule has 0 radical (unpaired) electrons. The molecule has 0 fully saturated rings. The molecular formula is C17H25N5. The molecule has 5 heteroatoms. The van der Waals surface area contributed by atoms with E-state index in [1.807, 2.05) is 16.9 Å². The number of aryl methyl sites for hydroxylation is 2. The Hall–Kier alpha value is -2.30. The van der Waals surface area contributed by atoms with Crippen molar-refractivity contribution in [3.8, 4) is 0 Å². The van der Waals surface area contributed by atoms with E-state index in [1.54, 1.807) is 6.20 Å². The topological polar surface area (TPSA) is 54.2 Å². The van der Waals surface area contributed by atoms with Crippen molar-refractivity contribution in [1.29, 1.82) is 0 Å². The van der Waals surface area contributed by atoms with Crippen LogP contribution in [0.3, 0.4) is 0 Å². The van der Waals surface area contributed by atoms with Gasteiger partial charge in [-0.2, -0.15) is 5.10 Å². The second-order valence-corrected chi connectivity index (χ2v) is 5.23. The first-order valence-corrected chi connectivity index (χ1v) is 7.83. The molecule has 0 spiro atoms. The average Bonchev–Trinajstić information content (AvgIpc) is 3.02. The Kier molecular flexibility index (Phi) is 6.48. The summed E-state index contributed by atoms with van der Waals surface area (Å²) in [6, 6.07) is 10.4. The maximum atomic E-state index is 4.63. The van der Waals surface area contributed by atoms with E-state index in [0.29, 0.717) is 6.54 Å². The van der Waals surface area contributed by atoms with Crippen molar-refractivity contribution >= 4 is 5.96 Å². The minimum Gasteiger partial charge on any atom is -0.357 e. The fourth-order valence-corrected chi connectivity index (χ4v) is 2.20. The maximum absolute atomic E-state index is 4.63. The first kappa shape index (κ1) is 16.1. The van der Waals surface area contributed by atoms with Crippen molar-refractivity contribution in [2.24, 2.45) is 4.99 Å². The molecule has 1 aromatic carbocycles. The third-order valence-electron chi connectivity index (χ3n) is 3.26. The lowest BCUT2D eigenvalue weighted by atomic mass is 10.1. The summed E-state index contributed by atoms with van der Waals surface area (Å²) in [5.74, 6) is 0.865. The van der Waals surface area contributed by atoms with E-state index in [4.69, 9.17) is 0 Å². The fourth-order valence-electron chi connectivity index (χ4n) is 2.20. The van der Waals surface area contributed by atoms with Crippen LogP contribution in [0.1, 0.15) is 24.5 Å². The molecule has 2 rings (SSSR count). The van der Waals surface area contributed by atoms with Crippen molar-refractivity contribution in [3.05, 3.63) is 53.9 Å². The van der Waals surface area contributed by atoms with Crippen molar-refractivity contribution in [2.75, 3.05) is 13.1 Å². The second-order valence-electron chi connectivity index (χ2n) is 5.23. The largest absolute Gasteiger partial charge is 0.357 e. The van der Waals surface area contributed by atoms with Crippen LogP contribution in [0.2, 0.25) is 0 Å². The summed E-state index contributed by atoms with van der Waals surface area (Å²) in [6.07, 6.45) is 4.80. The summed E-state index contributed by atoms with van der Waals surface area (Å²) >= 11 is 0. The number of guanidine groups is 1. The number of hydrogen-bond acceptors (Lipinski definition) is 2. The van der Waals surface area contributed by atoms with E-state index in [9.17, 15) is 0 Å². The van der Waals surface area contributed by atoms with Gasteiger partial charge >= 0.3 is 0 Å². The third kappa shape index (κ3) is 5.60. The van der Waals surface area contributed by atoms with E-state index in [2.05, 4.69) is 58.8 Å². The summed E-state index contributed by atoms with van der Waals surface area (Å²) in [7, 11) is 0. The Labute approximate surface area is 132 Å². The Bertz CT molecular complexity index is 574. The van der Waals surface area contributed by atoms with Gasteiger partial charge in [0.2, 0.25) is 0 Å². The van der Waals surface area contributed by atoms with Gasteiger partial charge in [-0.05, 0) is 31.9 Å². The van der Waals surface area contributed by atoms with Crippen LogP contribution in [0.25, 0.3) is 0 Å². The smallest absolute Gasteiger partial charge is 0.191 e. The van der Waals surface area contributed by atoms with Crippen LogP contribution in [0, 0.1) is 6.92 Å². The van der Waals surface area contributed by atoms with Gasteiger partial charge in [0.1, 0.15) is 0 Å². The van der Waals surface area contributed by atoms with Crippen LogP contribution >= 0.6 is 0 Å². The molecule has 0 saturated carbocycles. The Morgan fingerprint density at radius 1 is 1.27 bits per heavy atom. The lowest BCUT2D eigenvalue weighted by Crippen LogP contribution is -2.38. The number of aliphatic imine (C=N–C) groups is 1. The summed E-state index contributed by atoms with van der Waals surface area (Å²) in [6.45, 7) is 7.52. The predicted octanol–water partition coefficient (Wildman–Crippen LogP) is 2.34. The second kappa shape index (κ2) is 8.87. The highest BCUT2D eigenvalue weighted by atomic mass is 15.3. The van der Waals surface area contributed by atoms with Crippen LogP contribution in [-0.2, 0) is 13.1 Å². The molecule has 0 aliphatic heterocycles. The first-order chi connectivity index (χ1) is 10.8. The SMILES string of the molecule is CCNC(=NCc1cccc(C)c1)NCCCn1cccn1. The summed E-state index contributed by atoms with van der Waals surface area (Å²) < 4.78 is 1.94. The summed E-state index contributed by atoms with van der Waals surface area (Å²) in [5, 5.41) is 10.8. The molecule has 0 saturated heterocycles. The Morgan fingerprint density at radius 2 is 2.18 bits per heavy atom. The van der Waals surface area contributed by atoms with Crippen LogP contribution in [0.15, 0.2) is 47.7 Å². The van der Waals surface area contributed by atoms with Gasteiger partial charge in [-0.25, -0.2) is 4.99 Å². The Balaban J connectivity index is 1.79. The average molecular weight is 299 g/mol. The molecule has 22 heavy (non-hydrogen) atoms. The van der Waals surface area contributed by atoms with E-state index >= 15 is 0 Å². The van der Waals surface area contributed by atoms with Gasteiger partial charge in [-0.15, -0.1) is 0 Å². The molecule has 2 aromatic rings. The number of benzene rings is 1. The van der Waals surface area contributed by atoms with Gasteiger partial charge in [0.15, 0.2) is 5.96 Å². The molecular weight excluding hydrogens is 274 g/mol. The van der Waals surface area contributed by atoms with E-state index in [0.717, 1.165) is 32.0 Å². The highest BCUT2D eigenvalue weighted by molar-refractivity contribution is 5.79. The number of nitrogens with zero attached hydrogens (tertiary/aromatic N) is 3. The Morgan fingerprint density at radius 3 is 2.91 bits per heavy atom. The summed E-state index contributed by atoms with van der Waals surface area (Å²) in [4.78, 5) is 4.63. The van der Waals surface area contributed by atoms with Crippen LogP contribution in [-0.4, -0.2) is 28.8 Å². The van der Waals surface area contributed by atoms with Crippen LogP contribution in [0.5, 0.6) is 0 Å². The van der Waals surface area contributed by atoms with Crippen molar-refractivity contribution in [1.82, 2.24) is 20.4 Å². The maximum Gasteiger partial charge on any atom is 0.191 e. The number of aromatic nitrogens is 2. The van der Waals surface area contributed by atoms with E-state index in [1.165, 1.54) is 11.1 Å². The van der Waals surface area contributed by atoms with Gasteiger partial charge in [-0.1, -0.05) is 29.8 Å². The molecule has 0 unspecified atom stereocenters. The molecule has 0 aliphatic carbocycles. The van der Waals surface area contributed by atoms with Gasteiger partial charge in [0.05, 0.1) is 6.54 Å². The first-order valence-electron chi connectivity index (χ1n) is 7.83. The number of nitrogens with one attached hydrogen (secondary N) is 2. The van der Waals surface area contributed by atoms with Crippen LogP contribution in [0.4, 0.5) is 0 Å².